The number of nitrogens with one attached hydrogen (secondary N) is 2. The fraction of sp³-hybridized carbons (Fsp3) is 0.650. The molecule has 0 aliphatic carbocycles. The molecule has 27 heavy (non-hydrogen) atoms. The highest BCUT2D eigenvalue weighted by atomic mass is 16.7. The number of rotatable bonds is 11. The molecule has 0 bridgehead atoms. The van der Waals surface area contributed by atoms with Gasteiger partial charge >= 0.3 is 6.09 Å². The molecule has 4 N–H and O–H groups in total. The van der Waals surface area contributed by atoms with Gasteiger partial charge in [0.15, 0.2) is 5.79 Å². The molecule has 2 unspecified atom stereocenters. The van der Waals surface area contributed by atoms with Crippen LogP contribution in [0.4, 0.5) is 4.79 Å². The van der Waals surface area contributed by atoms with Crippen LogP contribution >= 0.6 is 0 Å². The Morgan fingerprint density at radius 2 is 1.89 bits per heavy atom. The first kappa shape index (κ1) is 21.6. The van der Waals surface area contributed by atoms with Crippen LogP contribution in [0.15, 0.2) is 30.3 Å². The first-order valence-electron chi connectivity index (χ1n) is 9.58. The van der Waals surface area contributed by atoms with Gasteiger partial charge < -0.3 is 30.3 Å². The number of benzene rings is 1. The monoisotopic (exact) mass is 380 g/mol. The fourth-order valence-corrected chi connectivity index (χ4v) is 3.24. The molecule has 1 fully saturated rings. The van der Waals surface area contributed by atoms with Crippen LogP contribution in [-0.2, 0) is 15.9 Å². The summed E-state index contributed by atoms with van der Waals surface area (Å²) in [6.45, 7) is 6.46. The predicted molar refractivity (Wildman–Crippen MR) is 103 cm³/mol. The van der Waals surface area contributed by atoms with Crippen LogP contribution in [-0.4, -0.2) is 60.5 Å². The number of hydrogen-bond acceptors (Lipinski definition) is 5. The summed E-state index contributed by atoms with van der Waals surface area (Å²) < 4.78 is 11.2. The Labute approximate surface area is 161 Å². The van der Waals surface area contributed by atoms with Gasteiger partial charge in [0.1, 0.15) is 0 Å². The van der Waals surface area contributed by atoms with Gasteiger partial charge in [0.05, 0.1) is 25.4 Å². The molecule has 1 aromatic rings. The average Bonchev–Trinajstić information content (AvgIpc) is 3.07. The van der Waals surface area contributed by atoms with E-state index in [0.717, 1.165) is 24.9 Å². The topological polar surface area (TPSA) is 100 Å². The van der Waals surface area contributed by atoms with E-state index in [1.165, 1.54) is 0 Å². The van der Waals surface area contributed by atoms with Crippen molar-refractivity contribution in [3.63, 3.8) is 0 Å². The van der Waals surface area contributed by atoms with Gasteiger partial charge in [0.2, 0.25) is 0 Å². The molecule has 7 nitrogen and oxygen atoms in total. The maximum Gasteiger partial charge on any atom is 0.404 e. The summed E-state index contributed by atoms with van der Waals surface area (Å²) in [5.74, 6) is -0.0817. The minimum atomic E-state index is -1.13. The van der Waals surface area contributed by atoms with Gasteiger partial charge in [-0.1, -0.05) is 37.3 Å². The molecule has 1 saturated heterocycles. The summed E-state index contributed by atoms with van der Waals surface area (Å²) in [5, 5.41) is 25.2. The molecule has 152 valence electrons. The normalized spacial score (nSPS) is 19.4. The largest absolute Gasteiger partial charge is 0.465 e. The summed E-state index contributed by atoms with van der Waals surface area (Å²) in [4.78, 5) is 11.1. The second-order valence-electron chi connectivity index (χ2n) is 7.45. The van der Waals surface area contributed by atoms with E-state index in [1.54, 1.807) is 0 Å². The molecule has 1 heterocycles. The van der Waals surface area contributed by atoms with Gasteiger partial charge in [-0.15, -0.1) is 0 Å². The quantitative estimate of drug-likeness (QED) is 0.469. The van der Waals surface area contributed by atoms with Crippen molar-refractivity contribution in [1.82, 2.24) is 10.6 Å². The smallest absolute Gasteiger partial charge is 0.404 e. The van der Waals surface area contributed by atoms with Crippen molar-refractivity contribution in [3.8, 4) is 0 Å². The standard InChI is InChI=1S/C20H32N2O5/c1-15(8-9-20(2)26-10-11-27-20)13-21-14-18(23)17(22-19(24)25)12-16-6-4-3-5-7-16/h3-7,15,17-18,21-23H,8-14H2,1-2H3,(H,24,25)/t15?,17?,18-/m0/s1. The van der Waals surface area contributed by atoms with Crippen LogP contribution in [0.5, 0.6) is 0 Å². The van der Waals surface area contributed by atoms with Crippen LogP contribution in [0.25, 0.3) is 0 Å². The Morgan fingerprint density at radius 3 is 2.52 bits per heavy atom. The highest BCUT2D eigenvalue weighted by Crippen LogP contribution is 2.25. The van der Waals surface area contributed by atoms with Crippen molar-refractivity contribution < 1.29 is 24.5 Å². The highest BCUT2D eigenvalue weighted by Gasteiger charge is 2.30. The average molecular weight is 380 g/mol. The number of aliphatic hydroxyl groups excluding tert-OH is 1. The number of carbonyl (C=O) groups is 1. The Morgan fingerprint density at radius 1 is 1.22 bits per heavy atom. The summed E-state index contributed by atoms with van der Waals surface area (Å²) in [6.07, 6.45) is 0.273. The van der Waals surface area contributed by atoms with Gasteiger partial charge in [-0.25, -0.2) is 4.79 Å². The second kappa shape index (κ2) is 10.6. The van der Waals surface area contributed by atoms with Gasteiger partial charge in [-0.3, -0.25) is 0 Å². The highest BCUT2D eigenvalue weighted by molar-refractivity contribution is 5.65. The SMILES string of the molecule is CC(CCC1(C)OCCO1)CNC[C@H](O)C(Cc1ccccc1)NC(=O)O. The Hall–Kier alpha value is -1.67. The van der Waals surface area contributed by atoms with Crippen molar-refractivity contribution in [2.75, 3.05) is 26.3 Å². The lowest BCUT2D eigenvalue weighted by atomic mass is 10.00. The molecule has 1 amide bonds. The third-order valence-corrected chi connectivity index (χ3v) is 4.91. The molecule has 1 aliphatic heterocycles. The van der Waals surface area contributed by atoms with E-state index in [0.29, 0.717) is 32.1 Å². The molecule has 1 aliphatic rings. The van der Waals surface area contributed by atoms with E-state index in [1.807, 2.05) is 37.3 Å². The number of hydrogen-bond donors (Lipinski definition) is 4. The molecule has 2 rings (SSSR count). The van der Waals surface area contributed by atoms with Crippen LogP contribution in [0.1, 0.15) is 32.3 Å². The zero-order chi connectivity index (χ0) is 19.7. The molecule has 0 aromatic heterocycles. The van der Waals surface area contributed by atoms with Crippen molar-refractivity contribution >= 4 is 6.09 Å². The maximum atomic E-state index is 11.1. The Kier molecular flexibility index (Phi) is 8.50. The third kappa shape index (κ3) is 7.84. The van der Waals surface area contributed by atoms with E-state index in [9.17, 15) is 9.90 Å². The zero-order valence-electron chi connectivity index (χ0n) is 16.2. The van der Waals surface area contributed by atoms with E-state index >= 15 is 0 Å². The lowest BCUT2D eigenvalue weighted by molar-refractivity contribution is -0.148. The summed E-state index contributed by atoms with van der Waals surface area (Å²) in [5.41, 5.74) is 0.980. The third-order valence-electron chi connectivity index (χ3n) is 4.91. The summed E-state index contributed by atoms with van der Waals surface area (Å²) >= 11 is 0. The molecule has 0 spiro atoms. The summed E-state index contributed by atoms with van der Waals surface area (Å²) in [6, 6.07) is 8.99. The number of carboxylic acid groups (broad SMARTS) is 1. The second-order valence-corrected chi connectivity index (χ2v) is 7.45. The van der Waals surface area contributed by atoms with Crippen LogP contribution in [0.2, 0.25) is 0 Å². The fourth-order valence-electron chi connectivity index (χ4n) is 3.24. The van der Waals surface area contributed by atoms with Crippen molar-refractivity contribution in [1.29, 1.82) is 0 Å². The molecular weight excluding hydrogens is 348 g/mol. The molecule has 0 saturated carbocycles. The van der Waals surface area contributed by atoms with Gasteiger partial charge in [0, 0.05) is 13.0 Å². The lowest BCUT2D eigenvalue weighted by Gasteiger charge is -2.25. The van der Waals surface area contributed by atoms with Gasteiger partial charge in [0.25, 0.3) is 0 Å². The molecule has 3 atom stereocenters. The van der Waals surface area contributed by atoms with E-state index in [2.05, 4.69) is 17.6 Å². The minimum Gasteiger partial charge on any atom is -0.465 e. The van der Waals surface area contributed by atoms with Gasteiger partial charge in [-0.2, -0.15) is 0 Å². The van der Waals surface area contributed by atoms with E-state index in [4.69, 9.17) is 14.6 Å². The van der Waals surface area contributed by atoms with E-state index < -0.39 is 24.0 Å². The van der Waals surface area contributed by atoms with Crippen LogP contribution in [0.3, 0.4) is 0 Å². The first-order valence-corrected chi connectivity index (χ1v) is 9.58. The predicted octanol–water partition coefficient (Wildman–Crippen LogP) is 2.00. The van der Waals surface area contributed by atoms with E-state index in [-0.39, 0.29) is 0 Å². The zero-order valence-corrected chi connectivity index (χ0v) is 16.2. The molecule has 0 radical (unpaired) electrons. The Bertz CT molecular complexity index is 563. The number of amides is 1. The van der Waals surface area contributed by atoms with Gasteiger partial charge in [-0.05, 0) is 37.8 Å². The molecule has 1 aromatic carbocycles. The van der Waals surface area contributed by atoms with Crippen LogP contribution in [0, 0.1) is 5.92 Å². The van der Waals surface area contributed by atoms with Crippen molar-refractivity contribution in [2.24, 2.45) is 5.92 Å². The number of aliphatic hydroxyl groups is 1. The lowest BCUT2D eigenvalue weighted by Crippen LogP contribution is -2.48. The minimum absolute atomic E-state index is 0.326. The first-order chi connectivity index (χ1) is 12.9. The molecular formula is C20H32N2O5. The van der Waals surface area contributed by atoms with Crippen molar-refractivity contribution in [2.45, 2.75) is 51.0 Å². The molecule has 7 heteroatoms. The van der Waals surface area contributed by atoms with Crippen LogP contribution < -0.4 is 10.6 Å². The summed E-state index contributed by atoms with van der Waals surface area (Å²) in [7, 11) is 0. The van der Waals surface area contributed by atoms with Crippen molar-refractivity contribution in [3.05, 3.63) is 35.9 Å². The Balaban J connectivity index is 1.73. The number of ether oxygens (including phenoxy) is 2. The maximum absolute atomic E-state index is 11.1.